The van der Waals surface area contributed by atoms with Crippen LogP contribution in [0.25, 0.3) is 5.65 Å². The largest absolute Gasteiger partial charge is 0.382 e. The Morgan fingerprint density at radius 2 is 1.82 bits per heavy atom. The molecule has 1 fully saturated rings. The third-order valence-electron chi connectivity index (χ3n) is 5.05. The fourth-order valence-electron chi connectivity index (χ4n) is 2.98. The zero-order valence-electron chi connectivity index (χ0n) is 20.6. The number of aromatic nitrogens is 2. The van der Waals surface area contributed by atoms with E-state index >= 15 is 0 Å². The molecule has 0 aliphatic carbocycles. The lowest BCUT2D eigenvalue weighted by molar-refractivity contribution is 0.112. The normalized spacial score (nSPS) is 16.3. The van der Waals surface area contributed by atoms with Crippen LogP contribution in [-0.2, 0) is 20.5 Å². The van der Waals surface area contributed by atoms with Crippen LogP contribution >= 0.6 is 0 Å². The van der Waals surface area contributed by atoms with Crippen molar-refractivity contribution < 1.29 is 18.5 Å². The van der Waals surface area contributed by atoms with E-state index in [-0.39, 0.29) is 11.6 Å². The van der Waals surface area contributed by atoms with Crippen LogP contribution in [0.15, 0.2) is 23.1 Å². The molecule has 2 aromatic rings. The van der Waals surface area contributed by atoms with Crippen molar-refractivity contribution in [2.24, 2.45) is 0 Å². The molecule has 0 aromatic carbocycles. The number of nitrogens with one attached hydrogen (secondary N) is 1. The Labute approximate surface area is 198 Å². The van der Waals surface area contributed by atoms with E-state index in [0.717, 1.165) is 0 Å². The number of fused-ring (bicyclic) bond motifs is 1. The van der Waals surface area contributed by atoms with Gasteiger partial charge in [-0.15, -0.1) is 0 Å². The highest BCUT2D eigenvalue weighted by atomic mass is 32.2. The first kappa shape index (κ1) is 27.1. The maximum absolute atomic E-state index is 12.7. The van der Waals surface area contributed by atoms with Gasteiger partial charge >= 0.3 is 0 Å². The maximum atomic E-state index is 12.7. The van der Waals surface area contributed by atoms with Crippen LogP contribution in [0.4, 0.5) is 5.82 Å². The van der Waals surface area contributed by atoms with E-state index in [1.807, 2.05) is 46.4 Å². The van der Waals surface area contributed by atoms with E-state index in [0.29, 0.717) is 61.3 Å². The number of rotatable bonds is 6. The minimum absolute atomic E-state index is 0.263. The molecule has 2 atom stereocenters. The summed E-state index contributed by atoms with van der Waals surface area (Å²) < 4.78 is 26.7. The summed E-state index contributed by atoms with van der Waals surface area (Å²) in [4.78, 5) is 30.8. The molecule has 2 unspecified atom stereocenters. The zero-order chi connectivity index (χ0) is 24.8. The lowest BCUT2D eigenvalue weighted by Gasteiger charge is -2.28. The zero-order valence-corrected chi connectivity index (χ0v) is 21.4. The Kier molecular flexibility index (Phi) is 9.71. The fraction of sp³-hybridized carbons (Fsp3) is 0.609. The Bertz CT molecular complexity index is 1030. The fourth-order valence-corrected chi connectivity index (χ4v) is 3.78. The van der Waals surface area contributed by atoms with E-state index in [9.17, 15) is 13.8 Å². The van der Waals surface area contributed by atoms with Crippen molar-refractivity contribution in [2.45, 2.75) is 58.4 Å². The number of ether oxygens (including phenoxy) is 2. The maximum Gasteiger partial charge on any atom is 0.259 e. The van der Waals surface area contributed by atoms with Crippen molar-refractivity contribution in [1.82, 2.24) is 14.1 Å². The number of pyridine rings is 1. The van der Waals surface area contributed by atoms with E-state index in [4.69, 9.17) is 14.5 Å². The van der Waals surface area contributed by atoms with Crippen LogP contribution < -0.4 is 15.2 Å². The van der Waals surface area contributed by atoms with E-state index in [1.165, 1.54) is 16.7 Å². The summed E-state index contributed by atoms with van der Waals surface area (Å²) in [6, 6.07) is 2.79. The van der Waals surface area contributed by atoms with Crippen LogP contribution in [0.3, 0.4) is 0 Å². The molecule has 184 valence electrons. The second kappa shape index (κ2) is 11.8. The Morgan fingerprint density at radius 1 is 1.21 bits per heavy atom. The molecule has 0 radical (unpaired) electrons. The summed E-state index contributed by atoms with van der Waals surface area (Å²) in [7, 11) is 0.384. The highest BCUT2D eigenvalue weighted by Gasteiger charge is 2.24. The molecule has 9 nitrogen and oxygen atoms in total. The third-order valence-corrected chi connectivity index (χ3v) is 6.73. The molecule has 0 spiro atoms. The number of carbonyl (C=O) groups is 1. The molecule has 1 N–H and O–H groups in total. The summed E-state index contributed by atoms with van der Waals surface area (Å²) in [5.74, 6) is 0.581. The topological polar surface area (TPSA) is 102 Å². The van der Waals surface area contributed by atoms with Gasteiger partial charge in [-0.3, -0.25) is 14.0 Å². The van der Waals surface area contributed by atoms with Crippen molar-refractivity contribution in [3.63, 3.8) is 0 Å². The first-order chi connectivity index (χ1) is 15.5. The van der Waals surface area contributed by atoms with Gasteiger partial charge in [-0.25, -0.2) is 13.9 Å². The second-order valence-corrected chi connectivity index (χ2v) is 11.1. The predicted octanol–water partition coefficient (Wildman–Crippen LogP) is 2.50. The number of methoxy groups -OCH3 is 1. The Balaban J connectivity index is 0.000000696. The van der Waals surface area contributed by atoms with Gasteiger partial charge in [0.2, 0.25) is 0 Å². The van der Waals surface area contributed by atoms with Gasteiger partial charge in [-0.1, -0.05) is 0 Å². The smallest absolute Gasteiger partial charge is 0.259 e. The van der Waals surface area contributed by atoms with Crippen molar-refractivity contribution in [3.8, 4) is 0 Å². The van der Waals surface area contributed by atoms with Gasteiger partial charge in [0, 0.05) is 49.6 Å². The average molecular weight is 481 g/mol. The van der Waals surface area contributed by atoms with E-state index in [1.54, 1.807) is 13.2 Å². The lowest BCUT2D eigenvalue weighted by Crippen LogP contribution is -2.38. The van der Waals surface area contributed by atoms with E-state index < -0.39 is 15.7 Å². The molecular weight excluding hydrogens is 444 g/mol. The molecule has 1 saturated heterocycles. The molecule has 3 rings (SSSR count). The van der Waals surface area contributed by atoms with Gasteiger partial charge in [0.15, 0.2) is 6.29 Å². The standard InChI is InChI=1S/C19H26N4O4S.C4H10O/c1-13(21-28(26)19(2,3)4)15-9-14(12-24)11-23-17(25)10-16(20-18(15)23)22-5-7-27-8-6-22;1-4(2)5-3/h9-13,21H,5-8H2,1-4H3;4H,1-3H3. The monoisotopic (exact) mass is 480 g/mol. The van der Waals surface area contributed by atoms with Crippen molar-refractivity contribution >= 4 is 28.7 Å². The van der Waals surface area contributed by atoms with Crippen molar-refractivity contribution in [3.05, 3.63) is 39.8 Å². The lowest BCUT2D eigenvalue weighted by atomic mass is 10.1. The minimum Gasteiger partial charge on any atom is -0.382 e. The second-order valence-electron chi connectivity index (χ2n) is 9.10. The van der Waals surface area contributed by atoms with Crippen LogP contribution in [0, 0.1) is 0 Å². The van der Waals surface area contributed by atoms with Gasteiger partial charge in [0.1, 0.15) is 11.5 Å². The quantitative estimate of drug-likeness (QED) is 0.634. The number of hydrogen-bond donors (Lipinski definition) is 1. The highest BCUT2D eigenvalue weighted by molar-refractivity contribution is 7.84. The number of hydrogen-bond acceptors (Lipinski definition) is 7. The van der Waals surface area contributed by atoms with Crippen molar-refractivity contribution in [1.29, 1.82) is 0 Å². The molecule has 0 amide bonds. The average Bonchev–Trinajstić information content (AvgIpc) is 2.78. The Morgan fingerprint density at radius 3 is 2.33 bits per heavy atom. The Hall–Kier alpha value is -2.14. The highest BCUT2D eigenvalue weighted by Crippen LogP contribution is 2.23. The molecule has 10 heteroatoms. The van der Waals surface area contributed by atoms with Crippen molar-refractivity contribution in [2.75, 3.05) is 38.3 Å². The first-order valence-corrected chi connectivity index (χ1v) is 12.2. The molecule has 1 aliphatic rings. The first-order valence-electron chi connectivity index (χ1n) is 11.0. The number of carbonyl (C=O) groups excluding carboxylic acids is 1. The molecular formula is C23H36N4O5S. The summed E-state index contributed by atoms with van der Waals surface area (Å²) in [6.45, 7) is 14.0. The van der Waals surface area contributed by atoms with Gasteiger partial charge in [-0.05, 0) is 47.6 Å². The minimum atomic E-state index is -1.31. The van der Waals surface area contributed by atoms with Gasteiger partial charge in [0.05, 0.1) is 35.1 Å². The summed E-state index contributed by atoms with van der Waals surface area (Å²) in [5, 5.41) is 0. The molecule has 0 bridgehead atoms. The number of morpholine rings is 1. The SMILES string of the molecule is CC(NS(=O)C(C)(C)C)c1cc(C=O)cn2c(=O)cc(N3CCOCC3)nc12.COC(C)C. The summed E-state index contributed by atoms with van der Waals surface area (Å²) in [5.41, 5.74) is 1.20. The predicted molar refractivity (Wildman–Crippen MR) is 131 cm³/mol. The molecule has 3 heterocycles. The molecule has 1 aliphatic heterocycles. The number of nitrogens with zero attached hydrogens (tertiary/aromatic N) is 3. The summed E-state index contributed by atoms with van der Waals surface area (Å²) in [6.07, 6.45) is 2.56. The molecule has 0 saturated carbocycles. The third kappa shape index (κ3) is 7.43. The summed E-state index contributed by atoms with van der Waals surface area (Å²) >= 11 is 0. The molecule has 33 heavy (non-hydrogen) atoms. The van der Waals surface area contributed by atoms with E-state index in [2.05, 4.69) is 4.72 Å². The number of aldehydes is 1. The van der Waals surface area contributed by atoms with Crippen LogP contribution in [0.2, 0.25) is 0 Å². The van der Waals surface area contributed by atoms with Crippen LogP contribution in [0.5, 0.6) is 0 Å². The van der Waals surface area contributed by atoms with Gasteiger partial charge < -0.3 is 14.4 Å². The number of anilines is 1. The van der Waals surface area contributed by atoms with Gasteiger partial charge in [-0.2, -0.15) is 0 Å². The van der Waals surface area contributed by atoms with Gasteiger partial charge in [0.25, 0.3) is 5.56 Å². The molecule has 2 aromatic heterocycles. The van der Waals surface area contributed by atoms with Crippen LogP contribution in [-0.4, -0.2) is 64.1 Å². The van der Waals surface area contributed by atoms with Crippen LogP contribution in [0.1, 0.15) is 63.5 Å².